The van der Waals surface area contributed by atoms with E-state index in [1.807, 2.05) is 6.92 Å². The number of carbonyl (C=O) groups excluding carboxylic acids is 1. The molecule has 0 aromatic heterocycles. The highest BCUT2D eigenvalue weighted by molar-refractivity contribution is 5.89. The third-order valence-corrected chi connectivity index (χ3v) is 9.79. The molecule has 0 aliphatic heterocycles. The summed E-state index contributed by atoms with van der Waals surface area (Å²) >= 11 is 0. The van der Waals surface area contributed by atoms with Crippen molar-refractivity contribution in [3.63, 3.8) is 0 Å². The van der Waals surface area contributed by atoms with Crippen molar-refractivity contribution in [2.45, 2.75) is 83.8 Å². The maximum atomic E-state index is 12.6. The first kappa shape index (κ1) is 18.9. The Hall–Kier alpha value is -0.450. The Bertz CT molecular complexity index is 591. The average molecular weight is 365 g/mol. The summed E-state index contributed by atoms with van der Waals surface area (Å²) in [5.74, 6) is 1.72. The maximum absolute atomic E-state index is 12.6. The summed E-state index contributed by atoms with van der Waals surface area (Å²) in [6.07, 6.45) is 8.01. The summed E-state index contributed by atoms with van der Waals surface area (Å²) < 4.78 is 0. The molecule has 0 spiro atoms. The molecule has 4 aliphatic carbocycles. The van der Waals surface area contributed by atoms with E-state index in [1.54, 1.807) is 0 Å². The van der Waals surface area contributed by atoms with Crippen LogP contribution in [0.1, 0.15) is 72.1 Å². The summed E-state index contributed by atoms with van der Waals surface area (Å²) in [5, 5.41) is 31.1. The molecule has 0 aromatic rings. The lowest BCUT2D eigenvalue weighted by atomic mass is 9.44. The highest BCUT2D eigenvalue weighted by Gasteiger charge is 2.68. The van der Waals surface area contributed by atoms with Crippen LogP contribution >= 0.6 is 0 Å². The minimum Gasteiger partial charge on any atom is -0.393 e. The van der Waals surface area contributed by atoms with E-state index in [4.69, 9.17) is 0 Å². The first-order valence-corrected chi connectivity index (χ1v) is 10.7. The number of ketones is 1. The zero-order chi connectivity index (χ0) is 18.9. The van der Waals surface area contributed by atoms with Crippen LogP contribution < -0.4 is 0 Å². The Morgan fingerprint density at radius 1 is 1.04 bits per heavy atom. The highest BCUT2D eigenvalue weighted by Crippen LogP contribution is 2.69. The van der Waals surface area contributed by atoms with Gasteiger partial charge in [-0.15, -0.1) is 0 Å². The molecule has 0 bridgehead atoms. The van der Waals surface area contributed by atoms with Gasteiger partial charge in [0.15, 0.2) is 5.78 Å². The zero-order valence-electron chi connectivity index (χ0n) is 16.6. The summed E-state index contributed by atoms with van der Waals surface area (Å²) in [4.78, 5) is 12.6. The van der Waals surface area contributed by atoms with Gasteiger partial charge >= 0.3 is 0 Å². The number of aliphatic hydroxyl groups is 3. The Morgan fingerprint density at radius 2 is 1.77 bits per heavy atom. The van der Waals surface area contributed by atoms with Crippen molar-refractivity contribution in [2.75, 3.05) is 6.61 Å². The van der Waals surface area contributed by atoms with Crippen LogP contribution in [-0.2, 0) is 4.79 Å². The Labute approximate surface area is 157 Å². The van der Waals surface area contributed by atoms with Crippen molar-refractivity contribution in [3.05, 3.63) is 0 Å². The smallest absolute Gasteiger partial charge is 0.190 e. The Kier molecular flexibility index (Phi) is 4.38. The number of hydrogen-bond acceptors (Lipinski definition) is 4. The third kappa shape index (κ3) is 2.21. The Balaban J connectivity index is 1.67. The van der Waals surface area contributed by atoms with Crippen LogP contribution in [0.2, 0.25) is 0 Å². The van der Waals surface area contributed by atoms with Gasteiger partial charge in [0.1, 0.15) is 12.2 Å². The molecule has 4 rings (SSSR count). The molecule has 4 aliphatic rings. The molecule has 26 heavy (non-hydrogen) atoms. The van der Waals surface area contributed by atoms with Gasteiger partial charge in [-0.1, -0.05) is 20.8 Å². The molecule has 148 valence electrons. The van der Waals surface area contributed by atoms with Gasteiger partial charge in [0.2, 0.25) is 0 Å². The number of carbonyl (C=O) groups is 1. The predicted molar refractivity (Wildman–Crippen MR) is 99.3 cm³/mol. The van der Waals surface area contributed by atoms with Crippen molar-refractivity contribution in [1.82, 2.24) is 0 Å². The van der Waals surface area contributed by atoms with Crippen LogP contribution in [0, 0.1) is 40.4 Å². The average Bonchev–Trinajstić information content (AvgIpc) is 2.83. The number of Topliss-reactive ketones (excluding diaryl/α,β-unsaturated/α-hetero) is 1. The minimum absolute atomic E-state index is 0.0883. The third-order valence-electron chi connectivity index (χ3n) is 9.79. The van der Waals surface area contributed by atoms with E-state index in [0.717, 1.165) is 44.9 Å². The van der Waals surface area contributed by atoms with Crippen molar-refractivity contribution >= 4 is 5.78 Å². The molecule has 4 heteroatoms. The zero-order valence-corrected chi connectivity index (χ0v) is 16.6. The molecule has 0 saturated heterocycles. The van der Waals surface area contributed by atoms with Gasteiger partial charge in [-0.3, -0.25) is 4.79 Å². The van der Waals surface area contributed by atoms with Crippen LogP contribution in [0.25, 0.3) is 0 Å². The van der Waals surface area contributed by atoms with Crippen LogP contribution in [0.4, 0.5) is 0 Å². The number of aliphatic hydroxyl groups excluding tert-OH is 2. The quantitative estimate of drug-likeness (QED) is 0.704. The van der Waals surface area contributed by atoms with Crippen LogP contribution in [-0.4, -0.2) is 39.4 Å². The van der Waals surface area contributed by atoms with Crippen molar-refractivity contribution in [1.29, 1.82) is 0 Å². The lowest BCUT2D eigenvalue weighted by Crippen LogP contribution is -2.60. The number of rotatable bonds is 2. The molecule has 3 N–H and O–H groups in total. The minimum atomic E-state index is -1.38. The Morgan fingerprint density at radius 3 is 2.46 bits per heavy atom. The van der Waals surface area contributed by atoms with Crippen molar-refractivity contribution < 1.29 is 20.1 Å². The molecule has 4 nitrogen and oxygen atoms in total. The molecule has 9 unspecified atom stereocenters. The second-order valence-electron chi connectivity index (χ2n) is 10.5. The normalized spacial score (nSPS) is 56.4. The summed E-state index contributed by atoms with van der Waals surface area (Å²) in [6, 6.07) is 0. The fourth-order valence-electron chi connectivity index (χ4n) is 8.29. The van der Waals surface area contributed by atoms with E-state index < -0.39 is 17.6 Å². The van der Waals surface area contributed by atoms with E-state index >= 15 is 0 Å². The van der Waals surface area contributed by atoms with E-state index in [1.165, 1.54) is 6.42 Å². The van der Waals surface area contributed by atoms with E-state index in [0.29, 0.717) is 29.1 Å². The van der Waals surface area contributed by atoms with Crippen LogP contribution in [0.15, 0.2) is 0 Å². The molecule has 0 aromatic carbocycles. The van der Waals surface area contributed by atoms with Gasteiger partial charge in [0, 0.05) is 5.41 Å². The first-order chi connectivity index (χ1) is 12.2. The fourth-order valence-corrected chi connectivity index (χ4v) is 8.29. The molecular weight excluding hydrogens is 328 g/mol. The van der Waals surface area contributed by atoms with E-state index in [-0.39, 0.29) is 17.8 Å². The van der Waals surface area contributed by atoms with E-state index in [2.05, 4.69) is 13.8 Å². The SMILES string of the molecule is CC1CC2C3CCC4CC(O)CCC4(C)C3CCC2(C)C1(O)C(=O)CO. The van der Waals surface area contributed by atoms with Crippen molar-refractivity contribution in [3.8, 4) is 0 Å². The largest absolute Gasteiger partial charge is 0.393 e. The standard InChI is InChI=1S/C22H36O4/c1-13-10-18-16-5-4-14-11-15(24)6-8-20(14,2)17(16)7-9-21(18,3)22(13,26)19(25)12-23/h13-18,23-24,26H,4-12H2,1-3H3. The predicted octanol–water partition coefficient (Wildman–Crippen LogP) is 2.93. The molecule has 0 heterocycles. The second kappa shape index (κ2) is 6.02. The van der Waals surface area contributed by atoms with Gasteiger partial charge in [0.05, 0.1) is 6.10 Å². The van der Waals surface area contributed by atoms with Crippen molar-refractivity contribution in [2.24, 2.45) is 40.4 Å². The summed E-state index contributed by atoms with van der Waals surface area (Å²) in [5.41, 5.74) is -1.49. The molecule has 4 fully saturated rings. The van der Waals surface area contributed by atoms with E-state index in [9.17, 15) is 20.1 Å². The topological polar surface area (TPSA) is 77.8 Å². The first-order valence-electron chi connectivity index (χ1n) is 10.7. The van der Waals surface area contributed by atoms with Gasteiger partial charge in [-0.05, 0) is 86.4 Å². The van der Waals surface area contributed by atoms with Gasteiger partial charge < -0.3 is 15.3 Å². The lowest BCUT2D eigenvalue weighted by molar-refractivity contribution is -0.178. The molecular formula is C22H36O4. The monoisotopic (exact) mass is 364 g/mol. The van der Waals surface area contributed by atoms with Crippen LogP contribution in [0.3, 0.4) is 0 Å². The summed E-state index contributed by atoms with van der Waals surface area (Å²) in [7, 11) is 0. The molecule has 9 atom stereocenters. The lowest BCUT2D eigenvalue weighted by Gasteiger charge is -2.61. The molecule has 0 radical (unpaired) electrons. The van der Waals surface area contributed by atoms with Gasteiger partial charge in [-0.2, -0.15) is 0 Å². The second-order valence-corrected chi connectivity index (χ2v) is 10.5. The molecule has 4 saturated carbocycles. The van der Waals surface area contributed by atoms with Gasteiger partial charge in [-0.25, -0.2) is 0 Å². The fraction of sp³-hybridized carbons (Fsp3) is 0.955. The number of fused-ring (bicyclic) bond motifs is 5. The highest BCUT2D eigenvalue weighted by atomic mass is 16.3. The maximum Gasteiger partial charge on any atom is 0.190 e. The van der Waals surface area contributed by atoms with Crippen LogP contribution in [0.5, 0.6) is 0 Å². The number of hydrogen-bond donors (Lipinski definition) is 3. The molecule has 0 amide bonds. The van der Waals surface area contributed by atoms with Gasteiger partial charge in [0.25, 0.3) is 0 Å². The summed E-state index contributed by atoms with van der Waals surface area (Å²) in [6.45, 7) is 6.00.